The highest BCUT2D eigenvalue weighted by Gasteiger charge is 2.35. The van der Waals surface area contributed by atoms with E-state index in [4.69, 9.17) is 0 Å². The summed E-state index contributed by atoms with van der Waals surface area (Å²) in [7, 11) is 0. The molecule has 0 bridgehead atoms. The van der Waals surface area contributed by atoms with E-state index in [1.54, 1.807) is 6.08 Å². The molecule has 128 valence electrons. The van der Waals surface area contributed by atoms with Crippen LogP contribution in [0.3, 0.4) is 0 Å². The smallest absolute Gasteiger partial charge is 0.268 e. The molecule has 3 aromatic rings. The standard InChI is InChI=1S/C21H14INO2S/c22-17-10-8-14(9-11-17)12-19-20(24)23(21(25)26-19)13-16-6-3-5-15-4-1-2-7-18(15)16/h1-12H,13H2/b19-12-. The average Bonchev–Trinajstić information content (AvgIpc) is 2.91. The Morgan fingerprint density at radius 2 is 1.65 bits per heavy atom. The summed E-state index contributed by atoms with van der Waals surface area (Å²) in [6, 6.07) is 21.8. The monoisotopic (exact) mass is 471 g/mol. The highest BCUT2D eigenvalue weighted by atomic mass is 127. The predicted molar refractivity (Wildman–Crippen MR) is 115 cm³/mol. The Morgan fingerprint density at radius 3 is 2.46 bits per heavy atom. The molecule has 3 aromatic carbocycles. The molecule has 1 aliphatic heterocycles. The maximum Gasteiger partial charge on any atom is 0.293 e. The summed E-state index contributed by atoms with van der Waals surface area (Å²) in [5.74, 6) is -0.230. The van der Waals surface area contributed by atoms with E-state index in [0.717, 1.165) is 37.2 Å². The SMILES string of the molecule is O=C1S/C(=C\c2ccc(I)cc2)C(=O)N1Cc1cccc2ccccc12. The first-order valence-corrected chi connectivity index (χ1v) is 9.99. The van der Waals surface area contributed by atoms with E-state index in [-0.39, 0.29) is 17.7 Å². The summed E-state index contributed by atoms with van der Waals surface area (Å²) >= 11 is 3.24. The predicted octanol–water partition coefficient (Wildman–Crippen LogP) is 5.68. The molecule has 1 saturated heterocycles. The van der Waals surface area contributed by atoms with Crippen molar-refractivity contribution in [1.29, 1.82) is 0 Å². The molecule has 0 radical (unpaired) electrons. The zero-order valence-corrected chi connectivity index (χ0v) is 16.7. The van der Waals surface area contributed by atoms with Crippen molar-refractivity contribution in [2.45, 2.75) is 6.54 Å². The van der Waals surface area contributed by atoms with Gasteiger partial charge in [0.05, 0.1) is 11.4 Å². The quantitative estimate of drug-likeness (QED) is 0.365. The second-order valence-corrected chi connectivity index (χ2v) is 8.20. The van der Waals surface area contributed by atoms with Gasteiger partial charge in [0, 0.05) is 3.57 Å². The second kappa shape index (κ2) is 7.25. The number of fused-ring (bicyclic) bond motifs is 1. The van der Waals surface area contributed by atoms with Crippen molar-refractivity contribution >= 4 is 62.3 Å². The summed E-state index contributed by atoms with van der Waals surface area (Å²) in [5.41, 5.74) is 1.89. The number of amides is 2. The van der Waals surface area contributed by atoms with Crippen LogP contribution in [0.1, 0.15) is 11.1 Å². The lowest BCUT2D eigenvalue weighted by Gasteiger charge is -2.14. The van der Waals surface area contributed by atoms with Crippen LogP contribution in [-0.2, 0) is 11.3 Å². The molecule has 0 atom stereocenters. The zero-order valence-electron chi connectivity index (χ0n) is 13.7. The summed E-state index contributed by atoms with van der Waals surface area (Å²) in [5, 5.41) is 1.95. The van der Waals surface area contributed by atoms with Crippen LogP contribution in [0, 0.1) is 3.57 Å². The Labute approximate surface area is 169 Å². The first-order chi connectivity index (χ1) is 12.6. The van der Waals surface area contributed by atoms with Gasteiger partial charge in [-0.15, -0.1) is 0 Å². The number of thioether (sulfide) groups is 1. The Kier molecular flexibility index (Phi) is 4.82. The Morgan fingerprint density at radius 1 is 0.923 bits per heavy atom. The van der Waals surface area contributed by atoms with Crippen molar-refractivity contribution in [3.8, 4) is 0 Å². The molecule has 2 amide bonds. The van der Waals surface area contributed by atoms with Crippen LogP contribution in [0.4, 0.5) is 4.79 Å². The highest BCUT2D eigenvalue weighted by molar-refractivity contribution is 14.1. The number of hydrogen-bond acceptors (Lipinski definition) is 3. The van der Waals surface area contributed by atoms with Crippen LogP contribution in [0.2, 0.25) is 0 Å². The van der Waals surface area contributed by atoms with Crippen molar-refractivity contribution in [3.63, 3.8) is 0 Å². The molecule has 4 rings (SSSR count). The van der Waals surface area contributed by atoms with Crippen LogP contribution in [0.25, 0.3) is 16.8 Å². The van der Waals surface area contributed by atoms with Gasteiger partial charge in [-0.2, -0.15) is 0 Å². The minimum Gasteiger partial charge on any atom is -0.268 e. The first kappa shape index (κ1) is 17.3. The third-order valence-corrected chi connectivity index (χ3v) is 5.88. The largest absolute Gasteiger partial charge is 0.293 e. The lowest BCUT2D eigenvalue weighted by atomic mass is 10.0. The van der Waals surface area contributed by atoms with E-state index in [1.807, 2.05) is 66.7 Å². The fourth-order valence-corrected chi connectivity index (χ4v) is 4.15. The molecule has 26 heavy (non-hydrogen) atoms. The van der Waals surface area contributed by atoms with E-state index in [0.29, 0.717) is 4.91 Å². The number of carbonyl (C=O) groups is 2. The Hall–Kier alpha value is -2.12. The fourth-order valence-electron chi connectivity index (χ4n) is 2.95. The van der Waals surface area contributed by atoms with Gasteiger partial charge < -0.3 is 0 Å². The molecule has 5 heteroatoms. The van der Waals surface area contributed by atoms with Crippen LogP contribution in [0.5, 0.6) is 0 Å². The highest BCUT2D eigenvalue weighted by Crippen LogP contribution is 2.34. The van der Waals surface area contributed by atoms with Gasteiger partial charge in [-0.05, 0) is 74.5 Å². The van der Waals surface area contributed by atoms with E-state index >= 15 is 0 Å². The molecule has 0 spiro atoms. The minimum atomic E-state index is -0.230. The number of imide groups is 1. The van der Waals surface area contributed by atoms with Gasteiger partial charge in [0.2, 0.25) is 0 Å². The number of carbonyl (C=O) groups excluding carboxylic acids is 2. The fraction of sp³-hybridized carbons (Fsp3) is 0.0476. The number of hydrogen-bond donors (Lipinski definition) is 0. The van der Waals surface area contributed by atoms with Gasteiger partial charge in [0.25, 0.3) is 11.1 Å². The van der Waals surface area contributed by atoms with Gasteiger partial charge in [-0.1, -0.05) is 54.6 Å². The van der Waals surface area contributed by atoms with Crippen molar-refractivity contribution in [2.75, 3.05) is 0 Å². The van der Waals surface area contributed by atoms with Gasteiger partial charge >= 0.3 is 0 Å². The van der Waals surface area contributed by atoms with Crippen LogP contribution in [-0.4, -0.2) is 16.0 Å². The molecule has 0 saturated carbocycles. The first-order valence-electron chi connectivity index (χ1n) is 8.09. The number of nitrogens with zero attached hydrogens (tertiary/aromatic N) is 1. The maximum absolute atomic E-state index is 12.7. The van der Waals surface area contributed by atoms with Gasteiger partial charge in [0.15, 0.2) is 0 Å². The molecular formula is C21H14INO2S. The lowest BCUT2D eigenvalue weighted by molar-refractivity contribution is -0.123. The molecule has 0 N–H and O–H groups in total. The Bertz CT molecular complexity index is 1040. The minimum absolute atomic E-state index is 0.223. The van der Waals surface area contributed by atoms with E-state index in [9.17, 15) is 9.59 Å². The molecular weight excluding hydrogens is 457 g/mol. The molecule has 1 fully saturated rings. The van der Waals surface area contributed by atoms with Gasteiger partial charge in [0.1, 0.15) is 0 Å². The summed E-state index contributed by atoms with van der Waals surface area (Å²) < 4.78 is 1.13. The van der Waals surface area contributed by atoms with Gasteiger partial charge in [-0.3, -0.25) is 14.5 Å². The summed E-state index contributed by atoms with van der Waals surface area (Å²) in [6.07, 6.45) is 1.78. The molecule has 0 unspecified atom stereocenters. The van der Waals surface area contributed by atoms with Crippen molar-refractivity contribution in [3.05, 3.63) is 86.3 Å². The van der Waals surface area contributed by atoms with Crippen LogP contribution in [0.15, 0.2) is 71.6 Å². The van der Waals surface area contributed by atoms with Crippen LogP contribution >= 0.6 is 34.4 Å². The van der Waals surface area contributed by atoms with Crippen molar-refractivity contribution < 1.29 is 9.59 Å². The molecule has 0 aromatic heterocycles. The molecule has 0 aliphatic carbocycles. The summed E-state index contributed by atoms with van der Waals surface area (Å²) in [6.45, 7) is 0.288. The maximum atomic E-state index is 12.7. The average molecular weight is 471 g/mol. The third kappa shape index (κ3) is 3.41. The number of rotatable bonds is 3. The zero-order chi connectivity index (χ0) is 18.1. The third-order valence-electron chi connectivity index (χ3n) is 4.25. The van der Waals surface area contributed by atoms with Crippen molar-refractivity contribution in [2.24, 2.45) is 0 Å². The van der Waals surface area contributed by atoms with E-state index < -0.39 is 0 Å². The summed E-state index contributed by atoms with van der Waals surface area (Å²) in [4.78, 5) is 26.9. The molecule has 1 aliphatic rings. The molecule has 1 heterocycles. The number of benzene rings is 3. The Balaban J connectivity index is 1.62. The van der Waals surface area contributed by atoms with E-state index in [2.05, 4.69) is 22.6 Å². The van der Waals surface area contributed by atoms with E-state index in [1.165, 1.54) is 4.90 Å². The van der Waals surface area contributed by atoms with Crippen LogP contribution < -0.4 is 0 Å². The molecule has 3 nitrogen and oxygen atoms in total. The normalized spacial score (nSPS) is 16.0. The number of halogens is 1. The second-order valence-electron chi connectivity index (χ2n) is 5.96. The van der Waals surface area contributed by atoms with Gasteiger partial charge in [-0.25, -0.2) is 0 Å². The topological polar surface area (TPSA) is 37.4 Å². The van der Waals surface area contributed by atoms with Crippen molar-refractivity contribution in [1.82, 2.24) is 4.90 Å². The lowest BCUT2D eigenvalue weighted by Crippen LogP contribution is -2.27.